The molecule has 2 N–H and O–H groups in total. The van der Waals surface area contributed by atoms with Gasteiger partial charge in [-0.15, -0.1) is 6.42 Å². The first kappa shape index (κ1) is 11.3. The number of rotatable bonds is 4. The standard InChI is InChI=1S/C12H12N2O3/c1-2-5-13-7-12(15)14-9-3-4-10-11(6-9)17-8-16-10/h1,3-4,6,13H,5,7-8H2,(H,14,15). The zero-order valence-corrected chi connectivity index (χ0v) is 9.16. The Balaban J connectivity index is 1.91. The first-order valence-corrected chi connectivity index (χ1v) is 5.13. The molecule has 1 aliphatic heterocycles. The lowest BCUT2D eigenvalue weighted by atomic mass is 10.3. The summed E-state index contributed by atoms with van der Waals surface area (Å²) in [5, 5.41) is 5.53. The number of anilines is 1. The van der Waals surface area contributed by atoms with Crippen molar-refractivity contribution >= 4 is 11.6 Å². The first-order chi connectivity index (χ1) is 8.29. The molecule has 0 atom stereocenters. The number of carbonyl (C=O) groups is 1. The van der Waals surface area contributed by atoms with Crippen molar-refractivity contribution in [2.45, 2.75) is 0 Å². The van der Waals surface area contributed by atoms with Crippen LogP contribution in [0.25, 0.3) is 0 Å². The summed E-state index contributed by atoms with van der Waals surface area (Å²) in [6, 6.07) is 5.24. The molecular weight excluding hydrogens is 220 g/mol. The van der Waals surface area contributed by atoms with Crippen LogP contribution >= 0.6 is 0 Å². The number of nitrogens with one attached hydrogen (secondary N) is 2. The van der Waals surface area contributed by atoms with Gasteiger partial charge in [0.05, 0.1) is 13.1 Å². The van der Waals surface area contributed by atoms with Crippen molar-refractivity contribution in [2.24, 2.45) is 0 Å². The third kappa shape index (κ3) is 2.89. The van der Waals surface area contributed by atoms with Crippen LogP contribution in [-0.2, 0) is 4.79 Å². The molecule has 1 aromatic carbocycles. The molecule has 0 fully saturated rings. The Morgan fingerprint density at radius 2 is 2.24 bits per heavy atom. The first-order valence-electron chi connectivity index (χ1n) is 5.13. The molecular formula is C12H12N2O3. The molecule has 0 aliphatic carbocycles. The van der Waals surface area contributed by atoms with Gasteiger partial charge in [0.25, 0.3) is 0 Å². The van der Waals surface area contributed by atoms with Crippen molar-refractivity contribution in [2.75, 3.05) is 25.2 Å². The number of amides is 1. The van der Waals surface area contributed by atoms with E-state index in [1.54, 1.807) is 18.2 Å². The lowest BCUT2D eigenvalue weighted by Crippen LogP contribution is -2.28. The lowest BCUT2D eigenvalue weighted by molar-refractivity contribution is -0.115. The summed E-state index contributed by atoms with van der Waals surface area (Å²) < 4.78 is 10.4. The minimum absolute atomic E-state index is 0.154. The number of fused-ring (bicyclic) bond motifs is 1. The van der Waals surface area contributed by atoms with Gasteiger partial charge >= 0.3 is 0 Å². The summed E-state index contributed by atoms with van der Waals surface area (Å²) in [6.45, 7) is 0.768. The van der Waals surface area contributed by atoms with Crippen molar-refractivity contribution in [3.05, 3.63) is 18.2 Å². The Morgan fingerprint density at radius 1 is 1.41 bits per heavy atom. The largest absolute Gasteiger partial charge is 0.454 e. The fourth-order valence-electron chi connectivity index (χ4n) is 1.43. The van der Waals surface area contributed by atoms with Gasteiger partial charge in [0.2, 0.25) is 12.7 Å². The van der Waals surface area contributed by atoms with Crippen LogP contribution in [0, 0.1) is 12.3 Å². The molecule has 5 heteroatoms. The number of terminal acetylenes is 1. The highest BCUT2D eigenvalue weighted by Crippen LogP contribution is 2.34. The van der Waals surface area contributed by atoms with Crippen LogP contribution in [-0.4, -0.2) is 25.8 Å². The van der Waals surface area contributed by atoms with E-state index in [0.29, 0.717) is 23.7 Å². The quantitative estimate of drug-likeness (QED) is 0.589. The second-order valence-electron chi connectivity index (χ2n) is 3.42. The summed E-state index contributed by atoms with van der Waals surface area (Å²) in [5.41, 5.74) is 0.668. The van der Waals surface area contributed by atoms with Crippen LogP contribution in [0.5, 0.6) is 11.5 Å². The Hall–Kier alpha value is -2.19. The molecule has 0 radical (unpaired) electrons. The predicted molar refractivity (Wildman–Crippen MR) is 62.9 cm³/mol. The highest BCUT2D eigenvalue weighted by atomic mass is 16.7. The number of ether oxygens (including phenoxy) is 2. The van der Waals surface area contributed by atoms with E-state index in [-0.39, 0.29) is 19.2 Å². The molecule has 1 aromatic rings. The van der Waals surface area contributed by atoms with Crippen LogP contribution in [0.1, 0.15) is 0 Å². The van der Waals surface area contributed by atoms with Gasteiger partial charge in [-0.05, 0) is 12.1 Å². The summed E-state index contributed by atoms with van der Waals surface area (Å²) >= 11 is 0. The van der Waals surface area contributed by atoms with Crippen LogP contribution in [0.4, 0.5) is 5.69 Å². The second kappa shape index (κ2) is 5.23. The van der Waals surface area contributed by atoms with E-state index in [1.807, 2.05) is 0 Å². The second-order valence-corrected chi connectivity index (χ2v) is 3.42. The van der Waals surface area contributed by atoms with Gasteiger partial charge in [-0.3, -0.25) is 10.1 Å². The summed E-state index contributed by atoms with van der Waals surface area (Å²) in [6.07, 6.45) is 5.05. The number of hydrogen-bond acceptors (Lipinski definition) is 4. The van der Waals surface area contributed by atoms with E-state index in [4.69, 9.17) is 15.9 Å². The van der Waals surface area contributed by atoms with Gasteiger partial charge in [0.1, 0.15) is 0 Å². The smallest absolute Gasteiger partial charge is 0.238 e. The van der Waals surface area contributed by atoms with Crippen LogP contribution in [0.2, 0.25) is 0 Å². The highest BCUT2D eigenvalue weighted by molar-refractivity contribution is 5.92. The van der Waals surface area contributed by atoms with E-state index in [1.165, 1.54) is 0 Å². The predicted octanol–water partition coefficient (Wildman–Crippen LogP) is 0.577. The molecule has 0 bridgehead atoms. The average Bonchev–Trinajstić information content (AvgIpc) is 2.76. The average molecular weight is 232 g/mol. The van der Waals surface area contributed by atoms with Gasteiger partial charge in [0.15, 0.2) is 11.5 Å². The molecule has 0 spiro atoms. The van der Waals surface area contributed by atoms with Crippen molar-refractivity contribution in [3.8, 4) is 23.8 Å². The highest BCUT2D eigenvalue weighted by Gasteiger charge is 2.13. The fraction of sp³-hybridized carbons (Fsp3) is 0.250. The Morgan fingerprint density at radius 3 is 3.06 bits per heavy atom. The zero-order chi connectivity index (χ0) is 12.1. The molecule has 17 heavy (non-hydrogen) atoms. The minimum Gasteiger partial charge on any atom is -0.454 e. The maximum atomic E-state index is 11.5. The molecule has 0 unspecified atom stereocenters. The van der Waals surface area contributed by atoms with E-state index in [2.05, 4.69) is 16.6 Å². The molecule has 5 nitrogen and oxygen atoms in total. The zero-order valence-electron chi connectivity index (χ0n) is 9.16. The summed E-state index contributed by atoms with van der Waals surface area (Å²) in [7, 11) is 0. The maximum Gasteiger partial charge on any atom is 0.238 e. The van der Waals surface area contributed by atoms with Crippen molar-refractivity contribution in [1.29, 1.82) is 0 Å². The van der Waals surface area contributed by atoms with E-state index < -0.39 is 0 Å². The molecule has 2 rings (SSSR count). The van der Waals surface area contributed by atoms with Gasteiger partial charge in [0, 0.05) is 11.8 Å². The third-order valence-electron chi connectivity index (χ3n) is 2.17. The Labute approximate surface area is 99.1 Å². The number of carbonyl (C=O) groups excluding carboxylic acids is 1. The third-order valence-corrected chi connectivity index (χ3v) is 2.17. The summed E-state index contributed by atoms with van der Waals surface area (Å²) in [4.78, 5) is 11.5. The molecule has 0 aromatic heterocycles. The van der Waals surface area contributed by atoms with Crippen LogP contribution in [0.15, 0.2) is 18.2 Å². The van der Waals surface area contributed by atoms with E-state index in [0.717, 1.165) is 0 Å². The van der Waals surface area contributed by atoms with Crippen LogP contribution in [0.3, 0.4) is 0 Å². The lowest BCUT2D eigenvalue weighted by Gasteiger charge is -2.06. The molecule has 1 aliphatic rings. The SMILES string of the molecule is C#CCNCC(=O)Nc1ccc2c(c1)OCO2. The Kier molecular flexibility index (Phi) is 3.48. The van der Waals surface area contributed by atoms with Gasteiger partial charge in [-0.1, -0.05) is 5.92 Å². The fourth-order valence-corrected chi connectivity index (χ4v) is 1.43. The summed E-state index contributed by atoms with van der Waals surface area (Å²) in [5.74, 6) is 3.57. The van der Waals surface area contributed by atoms with Crippen molar-refractivity contribution in [3.63, 3.8) is 0 Å². The molecule has 1 heterocycles. The van der Waals surface area contributed by atoms with Gasteiger partial charge in [-0.2, -0.15) is 0 Å². The molecule has 0 saturated heterocycles. The number of benzene rings is 1. The van der Waals surface area contributed by atoms with E-state index in [9.17, 15) is 4.79 Å². The minimum atomic E-state index is -0.154. The van der Waals surface area contributed by atoms with Crippen molar-refractivity contribution < 1.29 is 14.3 Å². The topological polar surface area (TPSA) is 59.6 Å². The Bertz CT molecular complexity index is 465. The van der Waals surface area contributed by atoms with Crippen LogP contribution < -0.4 is 20.1 Å². The monoisotopic (exact) mass is 232 g/mol. The molecule has 0 saturated carbocycles. The number of hydrogen-bond donors (Lipinski definition) is 2. The van der Waals surface area contributed by atoms with Gasteiger partial charge in [-0.25, -0.2) is 0 Å². The van der Waals surface area contributed by atoms with Gasteiger partial charge < -0.3 is 14.8 Å². The normalized spacial score (nSPS) is 11.9. The van der Waals surface area contributed by atoms with Crippen molar-refractivity contribution in [1.82, 2.24) is 5.32 Å². The molecule has 88 valence electrons. The maximum absolute atomic E-state index is 11.5. The van der Waals surface area contributed by atoms with E-state index >= 15 is 0 Å². The molecule has 1 amide bonds.